The number of esters is 1. The molecular formula is C24H32N2O5. The molecule has 0 spiro atoms. The lowest BCUT2D eigenvalue weighted by molar-refractivity contribution is -0.116. The van der Waals surface area contributed by atoms with Crippen molar-refractivity contribution in [3.05, 3.63) is 47.7 Å². The second-order valence-corrected chi connectivity index (χ2v) is 7.18. The lowest BCUT2D eigenvalue weighted by Crippen LogP contribution is -2.17. The highest BCUT2D eigenvalue weighted by Crippen LogP contribution is 2.33. The Morgan fingerprint density at radius 1 is 1.13 bits per heavy atom. The summed E-state index contributed by atoms with van der Waals surface area (Å²) in [5.74, 6) is 0.362. The van der Waals surface area contributed by atoms with Crippen molar-refractivity contribution in [2.45, 2.75) is 51.9 Å². The van der Waals surface area contributed by atoms with Gasteiger partial charge in [0.1, 0.15) is 5.75 Å². The van der Waals surface area contributed by atoms with Crippen molar-refractivity contribution >= 4 is 17.6 Å². The van der Waals surface area contributed by atoms with Gasteiger partial charge in [0.2, 0.25) is 11.8 Å². The van der Waals surface area contributed by atoms with Crippen LogP contribution >= 0.6 is 0 Å². The number of pyridine rings is 1. The molecule has 0 aliphatic heterocycles. The van der Waals surface area contributed by atoms with E-state index in [0.717, 1.165) is 31.2 Å². The van der Waals surface area contributed by atoms with Gasteiger partial charge in [0.15, 0.2) is 0 Å². The van der Waals surface area contributed by atoms with Gasteiger partial charge in [-0.15, -0.1) is 0 Å². The summed E-state index contributed by atoms with van der Waals surface area (Å²) >= 11 is 0. The van der Waals surface area contributed by atoms with Gasteiger partial charge in [-0.1, -0.05) is 32.3 Å². The molecule has 0 saturated carbocycles. The Labute approximate surface area is 184 Å². The van der Waals surface area contributed by atoms with Crippen LogP contribution in [0.4, 0.5) is 5.69 Å². The first-order valence-corrected chi connectivity index (χ1v) is 10.7. The van der Waals surface area contributed by atoms with E-state index in [1.807, 2.05) is 19.1 Å². The normalized spacial score (nSPS) is 11.5. The van der Waals surface area contributed by atoms with Crippen LogP contribution < -0.4 is 14.8 Å². The van der Waals surface area contributed by atoms with E-state index >= 15 is 0 Å². The molecule has 0 bridgehead atoms. The van der Waals surface area contributed by atoms with E-state index in [-0.39, 0.29) is 18.2 Å². The highest BCUT2D eigenvalue weighted by Gasteiger charge is 2.21. The quantitative estimate of drug-likeness (QED) is 0.379. The van der Waals surface area contributed by atoms with Gasteiger partial charge in [0, 0.05) is 18.2 Å². The van der Waals surface area contributed by atoms with E-state index in [1.165, 1.54) is 14.2 Å². The van der Waals surface area contributed by atoms with Crippen LogP contribution in [-0.2, 0) is 9.53 Å². The zero-order valence-electron chi connectivity index (χ0n) is 18.8. The second-order valence-electron chi connectivity index (χ2n) is 7.18. The Hall–Kier alpha value is -3.09. The molecule has 0 fully saturated rings. The van der Waals surface area contributed by atoms with Crippen molar-refractivity contribution in [2.24, 2.45) is 0 Å². The molecule has 1 heterocycles. The third-order valence-electron chi connectivity index (χ3n) is 5.00. The number of amides is 1. The summed E-state index contributed by atoms with van der Waals surface area (Å²) in [6, 6.07) is 8.63. The predicted octanol–water partition coefficient (Wildman–Crippen LogP) is 4.97. The van der Waals surface area contributed by atoms with Crippen LogP contribution in [-0.4, -0.2) is 37.7 Å². The monoisotopic (exact) mass is 428 g/mol. The number of anilines is 1. The minimum atomic E-state index is -0.479. The minimum Gasteiger partial charge on any atom is -0.495 e. The van der Waals surface area contributed by atoms with Crippen molar-refractivity contribution in [3.8, 4) is 11.6 Å². The SMILES string of the molecule is CCCCCC(CC(=O)Nc1cc(C(=O)OC)ccc1OC)c1cccnc1OCC. The number of nitrogens with one attached hydrogen (secondary N) is 1. The smallest absolute Gasteiger partial charge is 0.337 e. The van der Waals surface area contributed by atoms with E-state index in [0.29, 0.717) is 29.5 Å². The molecule has 31 heavy (non-hydrogen) atoms. The van der Waals surface area contributed by atoms with Crippen LogP contribution in [0.25, 0.3) is 0 Å². The van der Waals surface area contributed by atoms with Gasteiger partial charge in [-0.3, -0.25) is 4.79 Å². The van der Waals surface area contributed by atoms with Gasteiger partial charge in [-0.2, -0.15) is 0 Å². The van der Waals surface area contributed by atoms with Crippen molar-refractivity contribution in [1.29, 1.82) is 0 Å². The maximum absolute atomic E-state index is 13.0. The number of aromatic nitrogens is 1. The number of ether oxygens (including phenoxy) is 3. The summed E-state index contributed by atoms with van der Waals surface area (Å²) in [6.07, 6.45) is 6.02. The van der Waals surface area contributed by atoms with Crippen LogP contribution in [0.2, 0.25) is 0 Å². The highest BCUT2D eigenvalue weighted by atomic mass is 16.5. The molecule has 0 saturated heterocycles. The predicted molar refractivity (Wildman–Crippen MR) is 120 cm³/mol. The number of carbonyl (C=O) groups excluding carboxylic acids is 2. The first-order valence-electron chi connectivity index (χ1n) is 10.7. The van der Waals surface area contributed by atoms with E-state index in [1.54, 1.807) is 24.4 Å². The standard InChI is InChI=1S/C24H32N2O5/c1-5-7-8-10-17(19-11-9-14-25-23(19)31-6-2)16-22(27)26-20-15-18(24(28)30-4)12-13-21(20)29-3/h9,11-15,17H,5-8,10,16H2,1-4H3,(H,26,27). The number of hydrogen-bond acceptors (Lipinski definition) is 6. The fraction of sp³-hybridized carbons (Fsp3) is 0.458. The van der Waals surface area contributed by atoms with Crippen molar-refractivity contribution < 1.29 is 23.8 Å². The summed E-state index contributed by atoms with van der Waals surface area (Å²) in [5.41, 5.74) is 1.70. The third kappa shape index (κ3) is 6.98. The van der Waals surface area contributed by atoms with E-state index in [2.05, 4.69) is 17.2 Å². The van der Waals surface area contributed by atoms with Crippen LogP contribution in [0.3, 0.4) is 0 Å². The molecule has 168 valence electrons. The maximum Gasteiger partial charge on any atom is 0.337 e. The lowest BCUT2D eigenvalue weighted by Gasteiger charge is -2.20. The molecule has 2 aromatic rings. The number of benzene rings is 1. The lowest BCUT2D eigenvalue weighted by atomic mass is 9.90. The largest absolute Gasteiger partial charge is 0.495 e. The Morgan fingerprint density at radius 2 is 1.94 bits per heavy atom. The van der Waals surface area contributed by atoms with Crippen LogP contribution in [0.1, 0.15) is 67.8 Å². The molecule has 1 amide bonds. The summed E-state index contributed by atoms with van der Waals surface area (Å²) in [4.78, 5) is 29.2. The second kappa shape index (κ2) is 12.6. The molecule has 1 N–H and O–H groups in total. The number of carbonyl (C=O) groups is 2. The number of hydrogen-bond donors (Lipinski definition) is 1. The van der Waals surface area contributed by atoms with Crippen LogP contribution in [0.5, 0.6) is 11.6 Å². The number of methoxy groups -OCH3 is 2. The number of nitrogens with zero attached hydrogens (tertiary/aromatic N) is 1. The first-order chi connectivity index (χ1) is 15.0. The van der Waals surface area contributed by atoms with Crippen molar-refractivity contribution in [2.75, 3.05) is 26.1 Å². The molecule has 2 rings (SSSR count). The third-order valence-corrected chi connectivity index (χ3v) is 5.00. The zero-order valence-corrected chi connectivity index (χ0v) is 18.8. The zero-order chi connectivity index (χ0) is 22.6. The van der Waals surface area contributed by atoms with E-state index in [4.69, 9.17) is 14.2 Å². The van der Waals surface area contributed by atoms with Gasteiger partial charge >= 0.3 is 5.97 Å². The van der Waals surface area contributed by atoms with Gasteiger partial charge in [-0.05, 0) is 43.5 Å². The Kier molecular flexibility index (Phi) is 9.81. The number of unbranched alkanes of at least 4 members (excludes halogenated alkanes) is 2. The fourth-order valence-electron chi connectivity index (χ4n) is 3.46. The topological polar surface area (TPSA) is 86.8 Å². The average molecular weight is 429 g/mol. The Bertz CT molecular complexity index is 869. The van der Waals surface area contributed by atoms with Crippen molar-refractivity contribution in [3.63, 3.8) is 0 Å². The van der Waals surface area contributed by atoms with E-state index in [9.17, 15) is 9.59 Å². The first kappa shape index (κ1) is 24.2. The molecule has 1 aromatic heterocycles. The molecule has 0 aliphatic rings. The average Bonchev–Trinajstić information content (AvgIpc) is 2.78. The van der Waals surface area contributed by atoms with Crippen LogP contribution in [0, 0.1) is 0 Å². The van der Waals surface area contributed by atoms with Gasteiger partial charge < -0.3 is 19.5 Å². The Balaban J connectivity index is 2.23. The molecule has 0 radical (unpaired) electrons. The summed E-state index contributed by atoms with van der Waals surface area (Å²) in [7, 11) is 2.83. The van der Waals surface area contributed by atoms with Gasteiger partial charge in [0.05, 0.1) is 32.1 Å². The van der Waals surface area contributed by atoms with Gasteiger partial charge in [0.25, 0.3) is 0 Å². The van der Waals surface area contributed by atoms with Crippen molar-refractivity contribution in [1.82, 2.24) is 4.98 Å². The molecule has 1 atom stereocenters. The molecular weight excluding hydrogens is 396 g/mol. The molecule has 0 aliphatic carbocycles. The fourth-order valence-corrected chi connectivity index (χ4v) is 3.46. The summed E-state index contributed by atoms with van der Waals surface area (Å²) < 4.78 is 15.8. The maximum atomic E-state index is 13.0. The summed E-state index contributed by atoms with van der Waals surface area (Å²) in [5, 5.41) is 2.89. The molecule has 7 nitrogen and oxygen atoms in total. The van der Waals surface area contributed by atoms with Gasteiger partial charge in [-0.25, -0.2) is 9.78 Å². The minimum absolute atomic E-state index is 0.0309. The summed E-state index contributed by atoms with van der Waals surface area (Å²) in [6.45, 7) is 4.57. The van der Waals surface area contributed by atoms with E-state index < -0.39 is 5.97 Å². The molecule has 7 heteroatoms. The number of rotatable bonds is 12. The molecule has 1 unspecified atom stereocenters. The molecule has 1 aromatic carbocycles. The Morgan fingerprint density at radius 3 is 2.61 bits per heavy atom. The van der Waals surface area contributed by atoms with Crippen LogP contribution in [0.15, 0.2) is 36.5 Å². The highest BCUT2D eigenvalue weighted by molar-refractivity contribution is 5.96.